The van der Waals surface area contributed by atoms with Crippen molar-refractivity contribution >= 4 is 58.5 Å². The van der Waals surface area contributed by atoms with Crippen LogP contribution in [0.4, 0.5) is 11.4 Å². The number of nitrogens with one attached hydrogen (secondary N) is 3. The summed E-state index contributed by atoms with van der Waals surface area (Å²) in [4.78, 5) is 40.5. The smallest absolute Gasteiger partial charge is 0.272 e. The van der Waals surface area contributed by atoms with Gasteiger partial charge in [-0.3, -0.25) is 14.4 Å². The third kappa shape index (κ3) is 9.40. The lowest BCUT2D eigenvalue weighted by atomic mass is 10.1. The number of rotatable bonds is 14. The van der Waals surface area contributed by atoms with E-state index in [2.05, 4.69) is 16.0 Å². The molecular formula is C36H36ClN3O8S. The quantitative estimate of drug-likeness (QED) is 0.0945. The van der Waals surface area contributed by atoms with Crippen molar-refractivity contribution in [3.05, 3.63) is 101 Å². The SMILES string of the molecule is COc1cc(OC)c(NC(=O)C(C)Sc2ccc(NC(=O)/C(=C/c3cc(OC)c(OC)cc3OC)NC(=O)c3ccccc3)cc2)cc1Cl. The van der Waals surface area contributed by atoms with E-state index in [4.69, 9.17) is 35.3 Å². The largest absolute Gasteiger partial charge is 0.496 e. The lowest BCUT2D eigenvalue weighted by molar-refractivity contribution is -0.115. The van der Waals surface area contributed by atoms with Gasteiger partial charge >= 0.3 is 0 Å². The first-order valence-corrected chi connectivity index (χ1v) is 16.0. The van der Waals surface area contributed by atoms with Crippen molar-refractivity contribution in [1.82, 2.24) is 5.32 Å². The Kier molecular flexibility index (Phi) is 12.8. The molecule has 3 N–H and O–H groups in total. The molecule has 0 spiro atoms. The molecule has 0 fully saturated rings. The highest BCUT2D eigenvalue weighted by Crippen LogP contribution is 2.37. The van der Waals surface area contributed by atoms with Crippen LogP contribution in [0.5, 0.6) is 28.7 Å². The Morgan fingerprint density at radius 2 is 1.31 bits per heavy atom. The number of anilines is 2. The van der Waals surface area contributed by atoms with Gasteiger partial charge in [0.15, 0.2) is 11.5 Å². The monoisotopic (exact) mass is 705 g/mol. The molecule has 0 aliphatic carbocycles. The first kappa shape index (κ1) is 36.5. The third-order valence-electron chi connectivity index (χ3n) is 7.09. The van der Waals surface area contributed by atoms with Crippen LogP contribution in [0.2, 0.25) is 5.02 Å². The number of benzene rings is 4. The molecule has 49 heavy (non-hydrogen) atoms. The molecule has 0 aliphatic heterocycles. The summed E-state index contributed by atoms with van der Waals surface area (Å²) in [7, 11) is 7.45. The average Bonchev–Trinajstić information content (AvgIpc) is 3.12. The molecule has 0 saturated carbocycles. The number of ether oxygens (including phenoxy) is 5. The van der Waals surface area contributed by atoms with Crippen LogP contribution in [-0.4, -0.2) is 58.5 Å². The van der Waals surface area contributed by atoms with E-state index in [1.807, 2.05) is 0 Å². The molecule has 4 aromatic carbocycles. The molecular weight excluding hydrogens is 670 g/mol. The summed E-state index contributed by atoms with van der Waals surface area (Å²) in [6.07, 6.45) is 1.49. The van der Waals surface area contributed by atoms with Gasteiger partial charge in [-0.15, -0.1) is 11.8 Å². The lowest BCUT2D eigenvalue weighted by Crippen LogP contribution is -2.30. The standard InChI is InChI=1S/C36H36ClN3O8S/c1-21(34(41)39-27-18-26(37)30(45-3)20-31(27)46-4)49-25-14-12-24(13-15-25)38-36(43)28(40-35(42)22-10-8-7-9-11-22)16-23-17-32(47-5)33(48-6)19-29(23)44-2/h7-21H,1-6H3,(H,38,43)(H,39,41)(H,40,42)/b28-16-. The average molecular weight is 706 g/mol. The van der Waals surface area contributed by atoms with E-state index in [-0.39, 0.29) is 11.6 Å². The lowest BCUT2D eigenvalue weighted by Gasteiger charge is -2.16. The van der Waals surface area contributed by atoms with E-state index < -0.39 is 17.1 Å². The van der Waals surface area contributed by atoms with Gasteiger partial charge in [0.25, 0.3) is 11.8 Å². The Hall–Kier alpha value is -5.33. The van der Waals surface area contributed by atoms with E-state index in [9.17, 15) is 14.4 Å². The highest BCUT2D eigenvalue weighted by Gasteiger charge is 2.20. The number of hydrogen-bond donors (Lipinski definition) is 3. The van der Waals surface area contributed by atoms with Crippen LogP contribution >= 0.6 is 23.4 Å². The van der Waals surface area contributed by atoms with Crippen molar-refractivity contribution in [3.63, 3.8) is 0 Å². The zero-order valence-corrected chi connectivity index (χ0v) is 29.3. The maximum Gasteiger partial charge on any atom is 0.272 e. The number of halogens is 1. The van der Waals surface area contributed by atoms with Gasteiger partial charge in [-0.05, 0) is 61.5 Å². The molecule has 1 atom stereocenters. The minimum Gasteiger partial charge on any atom is -0.496 e. The van der Waals surface area contributed by atoms with Gasteiger partial charge in [0.1, 0.15) is 22.9 Å². The van der Waals surface area contributed by atoms with Crippen molar-refractivity contribution in [2.24, 2.45) is 0 Å². The summed E-state index contributed by atoms with van der Waals surface area (Å²) in [6, 6.07) is 21.9. The fraction of sp³-hybridized carbons (Fsp3) is 0.194. The van der Waals surface area contributed by atoms with Gasteiger partial charge in [0.2, 0.25) is 5.91 Å². The van der Waals surface area contributed by atoms with Gasteiger partial charge in [-0.25, -0.2) is 0 Å². The normalized spacial score (nSPS) is 11.5. The minimum absolute atomic E-state index is 0.0443. The minimum atomic E-state index is -0.582. The van der Waals surface area contributed by atoms with Gasteiger partial charge in [-0.2, -0.15) is 0 Å². The second-order valence-electron chi connectivity index (χ2n) is 10.2. The predicted octanol–water partition coefficient (Wildman–Crippen LogP) is 6.91. The molecule has 0 bridgehead atoms. The Balaban J connectivity index is 1.52. The van der Waals surface area contributed by atoms with Crippen LogP contribution in [0.15, 0.2) is 89.5 Å². The van der Waals surface area contributed by atoms with Crippen LogP contribution < -0.4 is 39.6 Å². The van der Waals surface area contributed by atoms with E-state index >= 15 is 0 Å². The highest BCUT2D eigenvalue weighted by atomic mass is 35.5. The van der Waals surface area contributed by atoms with Crippen molar-refractivity contribution in [2.45, 2.75) is 17.1 Å². The van der Waals surface area contributed by atoms with Gasteiger partial charge < -0.3 is 39.6 Å². The highest BCUT2D eigenvalue weighted by molar-refractivity contribution is 8.00. The fourth-order valence-corrected chi connectivity index (χ4v) is 5.64. The molecule has 4 aromatic rings. The summed E-state index contributed by atoms with van der Waals surface area (Å²) >= 11 is 7.57. The molecule has 0 aliphatic rings. The van der Waals surface area contributed by atoms with Gasteiger partial charge in [0.05, 0.1) is 51.5 Å². The van der Waals surface area contributed by atoms with Crippen molar-refractivity contribution in [2.75, 3.05) is 46.2 Å². The maximum absolute atomic E-state index is 13.6. The summed E-state index contributed by atoms with van der Waals surface area (Å²) < 4.78 is 26.9. The Labute approximate surface area is 293 Å². The molecule has 0 radical (unpaired) electrons. The zero-order chi connectivity index (χ0) is 35.5. The van der Waals surface area contributed by atoms with Crippen molar-refractivity contribution in [3.8, 4) is 28.7 Å². The summed E-state index contributed by atoms with van der Waals surface area (Å²) in [5.41, 5.74) is 1.67. The molecule has 0 heterocycles. The topological polar surface area (TPSA) is 133 Å². The molecule has 256 valence electrons. The van der Waals surface area contributed by atoms with Crippen molar-refractivity contribution < 1.29 is 38.1 Å². The Bertz CT molecular complexity index is 1830. The molecule has 1 unspecified atom stereocenters. The second-order valence-corrected chi connectivity index (χ2v) is 12.1. The summed E-state index contributed by atoms with van der Waals surface area (Å²) in [5, 5.41) is 8.23. The Morgan fingerprint density at radius 1 is 0.714 bits per heavy atom. The molecule has 11 nitrogen and oxygen atoms in total. The fourth-order valence-electron chi connectivity index (χ4n) is 4.53. The predicted molar refractivity (Wildman–Crippen MR) is 192 cm³/mol. The number of methoxy groups -OCH3 is 5. The summed E-state index contributed by atoms with van der Waals surface area (Å²) in [6.45, 7) is 1.77. The van der Waals surface area contributed by atoms with Crippen LogP contribution in [-0.2, 0) is 9.59 Å². The maximum atomic E-state index is 13.6. The first-order chi connectivity index (χ1) is 23.6. The Morgan fingerprint density at radius 3 is 1.92 bits per heavy atom. The molecule has 0 aromatic heterocycles. The first-order valence-electron chi connectivity index (χ1n) is 14.8. The number of carbonyl (C=O) groups excluding carboxylic acids is 3. The van der Waals surface area contributed by atoms with Crippen LogP contribution in [0.25, 0.3) is 6.08 Å². The zero-order valence-electron chi connectivity index (χ0n) is 27.7. The van der Waals surface area contributed by atoms with E-state index in [0.717, 1.165) is 4.90 Å². The molecule has 13 heteroatoms. The number of hydrogen-bond acceptors (Lipinski definition) is 9. The number of carbonyl (C=O) groups is 3. The molecule has 4 rings (SSSR count). The number of amides is 3. The van der Waals surface area contributed by atoms with Gasteiger partial charge in [0, 0.05) is 33.8 Å². The van der Waals surface area contributed by atoms with Gasteiger partial charge in [-0.1, -0.05) is 29.8 Å². The van der Waals surface area contributed by atoms with E-state index in [1.54, 1.807) is 85.8 Å². The van der Waals surface area contributed by atoms with E-state index in [0.29, 0.717) is 56.3 Å². The van der Waals surface area contributed by atoms with Crippen LogP contribution in [0, 0.1) is 0 Å². The van der Waals surface area contributed by atoms with E-state index in [1.165, 1.54) is 53.4 Å². The second kappa shape index (κ2) is 17.2. The summed E-state index contributed by atoms with van der Waals surface area (Å²) in [5.74, 6) is 0.743. The van der Waals surface area contributed by atoms with Crippen molar-refractivity contribution in [1.29, 1.82) is 0 Å². The molecule has 0 saturated heterocycles. The number of thioether (sulfide) groups is 1. The third-order valence-corrected chi connectivity index (χ3v) is 8.50. The molecule has 3 amide bonds. The van der Waals surface area contributed by atoms with Crippen LogP contribution in [0.1, 0.15) is 22.8 Å². The van der Waals surface area contributed by atoms with Crippen LogP contribution in [0.3, 0.4) is 0 Å².